The number of nitrogens with zero attached hydrogens (tertiary/aromatic N) is 1. The standard InChI is InChI=1S/C23H25N3O5/c1-14-3-5-16(6-4-14)12-26-13-18(11-20(26)27)23(30)31-15(2)22(29)25-19-9-7-17(8-10-19)21(24)28/h3-10,15,18H,11-13H2,1-2H3,(H2,24,28)(H,25,29). The van der Waals surface area contributed by atoms with E-state index in [1.165, 1.54) is 31.2 Å². The van der Waals surface area contributed by atoms with Crippen molar-refractivity contribution in [3.8, 4) is 0 Å². The highest BCUT2D eigenvalue weighted by molar-refractivity contribution is 5.97. The van der Waals surface area contributed by atoms with Gasteiger partial charge in [0.25, 0.3) is 5.91 Å². The largest absolute Gasteiger partial charge is 0.452 e. The van der Waals surface area contributed by atoms with Crippen molar-refractivity contribution in [3.05, 3.63) is 65.2 Å². The quantitative estimate of drug-likeness (QED) is 0.661. The molecule has 31 heavy (non-hydrogen) atoms. The zero-order valence-corrected chi connectivity index (χ0v) is 17.5. The number of likely N-dealkylation sites (tertiary alicyclic amines) is 1. The molecule has 1 aliphatic heterocycles. The van der Waals surface area contributed by atoms with Crippen LogP contribution in [0.15, 0.2) is 48.5 Å². The Balaban J connectivity index is 1.51. The number of benzene rings is 2. The highest BCUT2D eigenvalue weighted by Crippen LogP contribution is 2.22. The molecule has 2 aromatic rings. The van der Waals surface area contributed by atoms with Crippen LogP contribution in [0.1, 0.15) is 34.8 Å². The minimum Gasteiger partial charge on any atom is -0.452 e. The smallest absolute Gasteiger partial charge is 0.312 e. The van der Waals surface area contributed by atoms with E-state index in [-0.39, 0.29) is 18.9 Å². The van der Waals surface area contributed by atoms with E-state index in [0.717, 1.165) is 11.1 Å². The van der Waals surface area contributed by atoms with Crippen LogP contribution in [0.4, 0.5) is 5.69 Å². The lowest BCUT2D eigenvalue weighted by Gasteiger charge is -2.18. The van der Waals surface area contributed by atoms with Crippen LogP contribution in [-0.2, 0) is 25.7 Å². The zero-order chi connectivity index (χ0) is 22.5. The number of carbonyl (C=O) groups is 4. The Hall–Kier alpha value is -3.68. The second kappa shape index (κ2) is 9.42. The Morgan fingerprint density at radius 1 is 1.13 bits per heavy atom. The van der Waals surface area contributed by atoms with Gasteiger partial charge in [-0.1, -0.05) is 29.8 Å². The Morgan fingerprint density at radius 2 is 1.77 bits per heavy atom. The van der Waals surface area contributed by atoms with Gasteiger partial charge >= 0.3 is 5.97 Å². The molecule has 2 unspecified atom stereocenters. The van der Waals surface area contributed by atoms with Crippen molar-refractivity contribution in [2.24, 2.45) is 11.7 Å². The molecule has 0 radical (unpaired) electrons. The summed E-state index contributed by atoms with van der Waals surface area (Å²) >= 11 is 0. The summed E-state index contributed by atoms with van der Waals surface area (Å²) in [6, 6.07) is 13.9. The number of anilines is 1. The van der Waals surface area contributed by atoms with Crippen molar-refractivity contribution < 1.29 is 23.9 Å². The minimum atomic E-state index is -1.04. The average Bonchev–Trinajstić information content (AvgIpc) is 3.10. The lowest BCUT2D eigenvalue weighted by Crippen LogP contribution is -2.33. The number of aryl methyl sites for hydroxylation is 1. The van der Waals surface area contributed by atoms with Gasteiger partial charge in [-0.15, -0.1) is 0 Å². The molecule has 1 aliphatic rings. The third-order valence-electron chi connectivity index (χ3n) is 5.14. The van der Waals surface area contributed by atoms with Crippen LogP contribution >= 0.6 is 0 Å². The van der Waals surface area contributed by atoms with E-state index >= 15 is 0 Å². The molecule has 0 bridgehead atoms. The molecule has 2 atom stereocenters. The molecule has 8 heteroatoms. The van der Waals surface area contributed by atoms with E-state index in [1.807, 2.05) is 31.2 Å². The molecule has 3 rings (SSSR count). The summed E-state index contributed by atoms with van der Waals surface area (Å²) < 4.78 is 5.29. The van der Waals surface area contributed by atoms with Crippen LogP contribution < -0.4 is 11.1 Å². The van der Waals surface area contributed by atoms with Crippen LogP contribution in [0.25, 0.3) is 0 Å². The van der Waals surface area contributed by atoms with Gasteiger partial charge in [-0.2, -0.15) is 0 Å². The van der Waals surface area contributed by atoms with Crippen molar-refractivity contribution in [2.45, 2.75) is 32.9 Å². The summed E-state index contributed by atoms with van der Waals surface area (Å²) in [6.45, 7) is 4.14. The molecule has 0 aliphatic carbocycles. The Kier molecular flexibility index (Phi) is 6.69. The molecular formula is C23H25N3O5. The van der Waals surface area contributed by atoms with Crippen LogP contribution in [0, 0.1) is 12.8 Å². The summed E-state index contributed by atoms with van der Waals surface area (Å²) in [5, 5.41) is 2.61. The molecule has 3 N–H and O–H groups in total. The third-order valence-corrected chi connectivity index (χ3v) is 5.14. The van der Waals surface area contributed by atoms with Crippen molar-refractivity contribution in [1.82, 2.24) is 4.90 Å². The lowest BCUT2D eigenvalue weighted by molar-refractivity contribution is -0.157. The van der Waals surface area contributed by atoms with Gasteiger partial charge in [0.2, 0.25) is 11.8 Å². The molecule has 0 aromatic heterocycles. The normalized spacial score (nSPS) is 16.6. The van der Waals surface area contributed by atoms with Crippen molar-refractivity contribution in [1.29, 1.82) is 0 Å². The second-order valence-electron chi connectivity index (χ2n) is 7.67. The average molecular weight is 423 g/mol. The zero-order valence-electron chi connectivity index (χ0n) is 17.5. The fraction of sp³-hybridized carbons (Fsp3) is 0.304. The monoisotopic (exact) mass is 423 g/mol. The molecule has 8 nitrogen and oxygen atoms in total. The molecule has 0 spiro atoms. The Labute approximate surface area is 180 Å². The number of carbonyl (C=O) groups excluding carboxylic acids is 4. The predicted octanol–water partition coefficient (Wildman–Crippen LogP) is 2.01. The first-order valence-electron chi connectivity index (χ1n) is 9.97. The fourth-order valence-corrected chi connectivity index (χ4v) is 3.28. The number of nitrogens with one attached hydrogen (secondary N) is 1. The molecule has 0 saturated carbocycles. The Bertz CT molecular complexity index is 985. The van der Waals surface area contributed by atoms with Crippen LogP contribution in [0.5, 0.6) is 0 Å². The van der Waals surface area contributed by atoms with Crippen LogP contribution in [0.3, 0.4) is 0 Å². The summed E-state index contributed by atoms with van der Waals surface area (Å²) in [6.07, 6.45) is -0.974. The van der Waals surface area contributed by atoms with Crippen molar-refractivity contribution >= 4 is 29.4 Å². The summed E-state index contributed by atoms with van der Waals surface area (Å²) in [5.74, 6) is -2.38. The first kappa shape index (κ1) is 22.0. The van der Waals surface area contributed by atoms with E-state index in [2.05, 4.69) is 5.32 Å². The summed E-state index contributed by atoms with van der Waals surface area (Å²) in [7, 11) is 0. The predicted molar refractivity (Wildman–Crippen MR) is 114 cm³/mol. The fourth-order valence-electron chi connectivity index (χ4n) is 3.28. The molecule has 162 valence electrons. The Morgan fingerprint density at radius 3 is 2.39 bits per heavy atom. The van der Waals surface area contributed by atoms with Gasteiger partial charge in [-0.25, -0.2) is 0 Å². The van der Waals surface area contributed by atoms with E-state index in [0.29, 0.717) is 17.8 Å². The molecule has 1 heterocycles. The van der Waals surface area contributed by atoms with Gasteiger partial charge in [-0.05, 0) is 43.7 Å². The maximum atomic E-state index is 12.5. The number of amides is 3. The highest BCUT2D eigenvalue weighted by Gasteiger charge is 2.36. The summed E-state index contributed by atoms with van der Waals surface area (Å²) in [4.78, 5) is 49.8. The topological polar surface area (TPSA) is 119 Å². The minimum absolute atomic E-state index is 0.0631. The van der Waals surface area contributed by atoms with Crippen LogP contribution in [-0.4, -0.2) is 41.2 Å². The first-order chi connectivity index (χ1) is 14.7. The number of hydrogen-bond donors (Lipinski definition) is 2. The number of esters is 1. The molecular weight excluding hydrogens is 398 g/mol. The van der Waals surface area contributed by atoms with Gasteiger partial charge < -0.3 is 20.7 Å². The number of primary amides is 1. The van der Waals surface area contributed by atoms with Gasteiger partial charge in [0.15, 0.2) is 6.10 Å². The molecule has 1 fully saturated rings. The third kappa shape index (κ3) is 5.69. The lowest BCUT2D eigenvalue weighted by atomic mass is 10.1. The maximum Gasteiger partial charge on any atom is 0.312 e. The van der Waals surface area contributed by atoms with Gasteiger partial charge in [0.05, 0.1) is 5.92 Å². The van der Waals surface area contributed by atoms with Crippen LogP contribution in [0.2, 0.25) is 0 Å². The van der Waals surface area contributed by atoms with Gasteiger partial charge in [-0.3, -0.25) is 19.2 Å². The maximum absolute atomic E-state index is 12.5. The second-order valence-corrected chi connectivity index (χ2v) is 7.67. The van der Waals surface area contributed by atoms with E-state index in [1.54, 1.807) is 4.90 Å². The highest BCUT2D eigenvalue weighted by atomic mass is 16.5. The number of ether oxygens (including phenoxy) is 1. The van der Waals surface area contributed by atoms with Crippen molar-refractivity contribution in [3.63, 3.8) is 0 Å². The molecule has 3 amide bonds. The number of nitrogens with two attached hydrogens (primary N) is 1. The number of rotatable bonds is 7. The van der Waals surface area contributed by atoms with E-state index in [9.17, 15) is 19.2 Å². The molecule has 1 saturated heterocycles. The van der Waals surface area contributed by atoms with Gasteiger partial charge in [0, 0.05) is 30.8 Å². The van der Waals surface area contributed by atoms with Gasteiger partial charge in [0.1, 0.15) is 0 Å². The SMILES string of the molecule is Cc1ccc(CN2CC(C(=O)OC(C)C(=O)Nc3ccc(C(N)=O)cc3)CC2=O)cc1. The van der Waals surface area contributed by atoms with Crippen molar-refractivity contribution in [2.75, 3.05) is 11.9 Å². The summed E-state index contributed by atoms with van der Waals surface area (Å²) in [5.41, 5.74) is 8.07. The van der Waals surface area contributed by atoms with E-state index < -0.39 is 29.8 Å². The first-order valence-corrected chi connectivity index (χ1v) is 9.97. The van der Waals surface area contributed by atoms with E-state index in [4.69, 9.17) is 10.5 Å². The molecule has 2 aromatic carbocycles. The number of hydrogen-bond acceptors (Lipinski definition) is 5.